The van der Waals surface area contributed by atoms with Gasteiger partial charge in [0.2, 0.25) is 0 Å². The van der Waals surface area contributed by atoms with Gasteiger partial charge in [0, 0.05) is 19.3 Å². The van der Waals surface area contributed by atoms with Gasteiger partial charge in [-0.2, -0.15) is 0 Å². The Morgan fingerprint density at radius 2 is 1.93 bits per heavy atom. The van der Waals surface area contributed by atoms with Crippen molar-refractivity contribution in [2.45, 2.75) is 52.5 Å². The third-order valence-electron chi connectivity index (χ3n) is 3.38. The smallest absolute Gasteiger partial charge is 0.0495 e. The molecule has 0 bridgehead atoms. The molecule has 2 nitrogen and oxygen atoms in total. The fourth-order valence-electron chi connectivity index (χ4n) is 2.13. The van der Waals surface area contributed by atoms with Crippen LogP contribution in [0.15, 0.2) is 0 Å². The normalized spacial score (nSPS) is 20.0. The zero-order chi connectivity index (χ0) is 11.1. The molecule has 0 spiro atoms. The molecule has 0 N–H and O–H groups in total. The fourth-order valence-corrected chi connectivity index (χ4v) is 2.13. The molecule has 90 valence electrons. The standard InChI is InChI=1S/C13H27NO/c1-4-5-10-15-11-13-6-8-14(9-7-13)12(2)3/h12-13H,4-11H2,1-3H3. The van der Waals surface area contributed by atoms with Crippen molar-refractivity contribution in [3.8, 4) is 0 Å². The van der Waals surface area contributed by atoms with Crippen molar-refractivity contribution in [3.05, 3.63) is 0 Å². The van der Waals surface area contributed by atoms with Gasteiger partial charge in [-0.15, -0.1) is 0 Å². The molecule has 0 aliphatic carbocycles. The molecule has 15 heavy (non-hydrogen) atoms. The van der Waals surface area contributed by atoms with Crippen molar-refractivity contribution >= 4 is 0 Å². The molecule has 1 saturated heterocycles. The van der Waals surface area contributed by atoms with E-state index >= 15 is 0 Å². The highest BCUT2D eigenvalue weighted by molar-refractivity contribution is 4.74. The van der Waals surface area contributed by atoms with Gasteiger partial charge in [0.25, 0.3) is 0 Å². The van der Waals surface area contributed by atoms with E-state index < -0.39 is 0 Å². The third-order valence-corrected chi connectivity index (χ3v) is 3.38. The van der Waals surface area contributed by atoms with Crippen LogP contribution in [0.3, 0.4) is 0 Å². The topological polar surface area (TPSA) is 12.5 Å². The molecule has 1 fully saturated rings. The van der Waals surface area contributed by atoms with Crippen molar-refractivity contribution in [2.24, 2.45) is 5.92 Å². The molecule has 2 heteroatoms. The third kappa shape index (κ3) is 4.98. The Kier molecular flexibility index (Phi) is 6.26. The molecular formula is C13H27NO. The van der Waals surface area contributed by atoms with Crippen molar-refractivity contribution in [1.82, 2.24) is 4.90 Å². The highest BCUT2D eigenvalue weighted by Gasteiger charge is 2.20. The van der Waals surface area contributed by atoms with Crippen LogP contribution >= 0.6 is 0 Å². The first-order valence-corrected chi connectivity index (χ1v) is 6.55. The lowest BCUT2D eigenvalue weighted by Crippen LogP contribution is -2.39. The minimum atomic E-state index is 0.715. The van der Waals surface area contributed by atoms with Crippen LogP contribution in [0.5, 0.6) is 0 Å². The van der Waals surface area contributed by atoms with E-state index in [0.717, 1.165) is 19.1 Å². The van der Waals surface area contributed by atoms with E-state index in [1.165, 1.54) is 38.8 Å². The second-order valence-electron chi connectivity index (χ2n) is 5.00. The van der Waals surface area contributed by atoms with E-state index in [1.807, 2.05) is 0 Å². The van der Waals surface area contributed by atoms with Crippen molar-refractivity contribution < 1.29 is 4.74 Å². The van der Waals surface area contributed by atoms with Gasteiger partial charge in [-0.05, 0) is 52.1 Å². The number of nitrogens with zero attached hydrogens (tertiary/aromatic N) is 1. The number of likely N-dealkylation sites (tertiary alicyclic amines) is 1. The van der Waals surface area contributed by atoms with Crippen molar-refractivity contribution in [1.29, 1.82) is 0 Å². The Bertz CT molecular complexity index is 151. The summed E-state index contributed by atoms with van der Waals surface area (Å²) in [6, 6.07) is 0.715. The molecule has 0 aromatic rings. The van der Waals surface area contributed by atoms with Crippen LogP contribution in [0, 0.1) is 5.92 Å². The minimum absolute atomic E-state index is 0.715. The molecule has 0 saturated carbocycles. The summed E-state index contributed by atoms with van der Waals surface area (Å²) < 4.78 is 5.69. The second-order valence-corrected chi connectivity index (χ2v) is 5.00. The van der Waals surface area contributed by atoms with E-state index in [4.69, 9.17) is 4.74 Å². The number of hydrogen-bond acceptors (Lipinski definition) is 2. The van der Waals surface area contributed by atoms with Gasteiger partial charge >= 0.3 is 0 Å². The average molecular weight is 213 g/mol. The van der Waals surface area contributed by atoms with Gasteiger partial charge in [0.15, 0.2) is 0 Å². The van der Waals surface area contributed by atoms with Gasteiger partial charge in [-0.25, -0.2) is 0 Å². The van der Waals surface area contributed by atoms with E-state index in [9.17, 15) is 0 Å². The molecule has 0 aromatic heterocycles. The Hall–Kier alpha value is -0.0800. The van der Waals surface area contributed by atoms with Gasteiger partial charge < -0.3 is 9.64 Å². The molecule has 0 atom stereocenters. The maximum Gasteiger partial charge on any atom is 0.0495 e. The lowest BCUT2D eigenvalue weighted by atomic mass is 9.97. The number of unbranched alkanes of at least 4 members (excludes halogenated alkanes) is 1. The first kappa shape index (κ1) is 13.0. The molecule has 0 amide bonds. The Morgan fingerprint density at radius 3 is 2.47 bits per heavy atom. The summed E-state index contributed by atoms with van der Waals surface area (Å²) in [6.45, 7) is 11.3. The van der Waals surface area contributed by atoms with Gasteiger partial charge in [-0.1, -0.05) is 13.3 Å². The summed E-state index contributed by atoms with van der Waals surface area (Å²) in [5.74, 6) is 0.817. The zero-order valence-corrected chi connectivity index (χ0v) is 10.7. The maximum atomic E-state index is 5.69. The monoisotopic (exact) mass is 213 g/mol. The largest absolute Gasteiger partial charge is 0.381 e. The Labute approximate surface area is 95.0 Å². The lowest BCUT2D eigenvalue weighted by Gasteiger charge is -2.34. The van der Waals surface area contributed by atoms with Crippen molar-refractivity contribution in [2.75, 3.05) is 26.3 Å². The van der Waals surface area contributed by atoms with E-state index in [-0.39, 0.29) is 0 Å². The van der Waals surface area contributed by atoms with Crippen LogP contribution < -0.4 is 0 Å². The second kappa shape index (κ2) is 7.24. The van der Waals surface area contributed by atoms with Crippen LogP contribution in [0.1, 0.15) is 46.5 Å². The summed E-state index contributed by atoms with van der Waals surface area (Å²) in [6.07, 6.45) is 5.10. The molecule has 0 unspecified atom stereocenters. The Morgan fingerprint density at radius 1 is 1.27 bits per heavy atom. The maximum absolute atomic E-state index is 5.69. The van der Waals surface area contributed by atoms with Crippen LogP contribution in [0.25, 0.3) is 0 Å². The predicted octanol–water partition coefficient (Wildman–Crippen LogP) is 2.92. The summed E-state index contributed by atoms with van der Waals surface area (Å²) in [5.41, 5.74) is 0. The summed E-state index contributed by atoms with van der Waals surface area (Å²) >= 11 is 0. The molecule has 1 aliphatic rings. The number of hydrogen-bond donors (Lipinski definition) is 0. The summed E-state index contributed by atoms with van der Waals surface area (Å²) in [5, 5.41) is 0. The molecule has 0 radical (unpaired) electrons. The van der Waals surface area contributed by atoms with Crippen LogP contribution in [-0.4, -0.2) is 37.2 Å². The number of rotatable bonds is 6. The number of piperidine rings is 1. The quantitative estimate of drug-likeness (QED) is 0.629. The van der Waals surface area contributed by atoms with Crippen molar-refractivity contribution in [3.63, 3.8) is 0 Å². The van der Waals surface area contributed by atoms with Crippen LogP contribution in [-0.2, 0) is 4.74 Å². The van der Waals surface area contributed by atoms with Crippen LogP contribution in [0.4, 0.5) is 0 Å². The Balaban J connectivity index is 2.04. The molecule has 1 rings (SSSR count). The molecular weight excluding hydrogens is 186 g/mol. The van der Waals surface area contributed by atoms with E-state index in [2.05, 4.69) is 25.7 Å². The SMILES string of the molecule is CCCCOCC1CCN(C(C)C)CC1. The first-order chi connectivity index (χ1) is 7.24. The van der Waals surface area contributed by atoms with Crippen LogP contribution in [0.2, 0.25) is 0 Å². The highest BCUT2D eigenvalue weighted by atomic mass is 16.5. The first-order valence-electron chi connectivity index (χ1n) is 6.55. The summed E-state index contributed by atoms with van der Waals surface area (Å²) in [4.78, 5) is 2.57. The average Bonchev–Trinajstić information content (AvgIpc) is 2.25. The highest BCUT2D eigenvalue weighted by Crippen LogP contribution is 2.19. The summed E-state index contributed by atoms with van der Waals surface area (Å²) in [7, 11) is 0. The van der Waals surface area contributed by atoms with E-state index in [1.54, 1.807) is 0 Å². The fraction of sp³-hybridized carbons (Fsp3) is 1.00. The number of ether oxygens (including phenoxy) is 1. The molecule has 0 aromatic carbocycles. The lowest BCUT2D eigenvalue weighted by molar-refractivity contribution is 0.0584. The van der Waals surface area contributed by atoms with Gasteiger partial charge in [0.1, 0.15) is 0 Å². The molecule has 1 aliphatic heterocycles. The van der Waals surface area contributed by atoms with E-state index in [0.29, 0.717) is 6.04 Å². The molecule has 1 heterocycles. The predicted molar refractivity (Wildman–Crippen MR) is 65.2 cm³/mol. The minimum Gasteiger partial charge on any atom is -0.381 e. The zero-order valence-electron chi connectivity index (χ0n) is 10.7. The van der Waals surface area contributed by atoms with Gasteiger partial charge in [-0.3, -0.25) is 0 Å². The van der Waals surface area contributed by atoms with Gasteiger partial charge in [0.05, 0.1) is 0 Å².